The van der Waals surface area contributed by atoms with E-state index in [0.29, 0.717) is 13.1 Å². The lowest BCUT2D eigenvalue weighted by Gasteiger charge is -2.12. The molecule has 5 nitrogen and oxygen atoms in total. The van der Waals surface area contributed by atoms with E-state index in [1.54, 1.807) is 4.90 Å². The van der Waals surface area contributed by atoms with E-state index in [1.807, 2.05) is 0 Å². The summed E-state index contributed by atoms with van der Waals surface area (Å²) in [6.07, 6.45) is 0.438. The van der Waals surface area contributed by atoms with Gasteiger partial charge < -0.3 is 9.32 Å². The minimum atomic E-state index is -4.55. The summed E-state index contributed by atoms with van der Waals surface area (Å²) in [5.41, 5.74) is -1.17. The first-order valence-electron chi connectivity index (χ1n) is 6.73. The molecule has 0 saturated carbocycles. The summed E-state index contributed by atoms with van der Waals surface area (Å²) in [5, 5.41) is 0. The Bertz CT molecular complexity index is 691. The third-order valence-electron chi connectivity index (χ3n) is 3.47. The molecule has 2 aromatic rings. The van der Waals surface area contributed by atoms with Crippen molar-refractivity contribution in [3.05, 3.63) is 36.0 Å². The second-order valence-corrected chi connectivity index (χ2v) is 4.96. The molecule has 1 aliphatic rings. The van der Waals surface area contributed by atoms with Crippen LogP contribution in [0.5, 0.6) is 0 Å². The van der Waals surface area contributed by atoms with Crippen molar-refractivity contribution in [3.63, 3.8) is 0 Å². The van der Waals surface area contributed by atoms with E-state index in [2.05, 4.69) is 9.97 Å². The molecule has 0 N–H and O–H groups in total. The summed E-state index contributed by atoms with van der Waals surface area (Å²) < 4.78 is 44.0. The molecular formula is C14H12F3N3O2. The van der Waals surface area contributed by atoms with Crippen molar-refractivity contribution in [1.82, 2.24) is 14.9 Å². The van der Waals surface area contributed by atoms with Crippen LogP contribution in [0, 0.1) is 0 Å². The van der Waals surface area contributed by atoms with Crippen LogP contribution in [-0.4, -0.2) is 33.9 Å². The number of alkyl halides is 3. The van der Waals surface area contributed by atoms with Crippen molar-refractivity contribution in [1.29, 1.82) is 0 Å². The van der Waals surface area contributed by atoms with Crippen LogP contribution in [0.1, 0.15) is 28.9 Å². The summed E-state index contributed by atoms with van der Waals surface area (Å²) >= 11 is 0. The van der Waals surface area contributed by atoms with E-state index < -0.39 is 11.7 Å². The average molecular weight is 311 g/mol. The molecule has 116 valence electrons. The molecule has 0 unspecified atom stereocenters. The minimum Gasteiger partial charge on any atom is -0.444 e. The Labute approximate surface area is 123 Å². The number of likely N-dealkylation sites (tertiary alicyclic amines) is 1. The number of halogens is 3. The third kappa shape index (κ3) is 2.68. The van der Waals surface area contributed by atoms with Gasteiger partial charge in [0.15, 0.2) is 5.69 Å². The number of nitrogens with zero attached hydrogens (tertiary/aromatic N) is 3. The summed E-state index contributed by atoms with van der Waals surface area (Å²) in [6, 6.07) is 0.849. The zero-order valence-electron chi connectivity index (χ0n) is 11.4. The Balaban J connectivity index is 1.93. The van der Waals surface area contributed by atoms with Gasteiger partial charge in [-0.05, 0) is 18.9 Å². The Morgan fingerprint density at radius 1 is 1.27 bits per heavy atom. The summed E-state index contributed by atoms with van der Waals surface area (Å²) in [4.78, 5) is 21.3. The first kappa shape index (κ1) is 14.6. The fourth-order valence-corrected chi connectivity index (χ4v) is 2.39. The van der Waals surface area contributed by atoms with E-state index in [9.17, 15) is 18.0 Å². The second kappa shape index (κ2) is 5.43. The second-order valence-electron chi connectivity index (χ2n) is 4.96. The zero-order valence-corrected chi connectivity index (χ0v) is 11.4. The normalized spacial score (nSPS) is 15.3. The lowest BCUT2D eigenvalue weighted by Crippen LogP contribution is -2.27. The highest BCUT2D eigenvalue weighted by Gasteiger charge is 2.35. The van der Waals surface area contributed by atoms with E-state index in [4.69, 9.17) is 4.42 Å². The molecule has 0 bridgehead atoms. The first-order chi connectivity index (χ1) is 10.5. The SMILES string of the molecule is O=C(c1coc(-c2cnccc2C(F)(F)F)n1)N1CCCC1. The predicted molar refractivity (Wildman–Crippen MR) is 69.9 cm³/mol. The lowest BCUT2D eigenvalue weighted by atomic mass is 10.1. The molecule has 0 spiro atoms. The Morgan fingerprint density at radius 2 is 2.00 bits per heavy atom. The maximum atomic E-state index is 13.0. The van der Waals surface area contributed by atoms with Crippen LogP contribution >= 0.6 is 0 Å². The molecule has 8 heteroatoms. The topological polar surface area (TPSA) is 59.2 Å². The molecule has 1 fully saturated rings. The van der Waals surface area contributed by atoms with Crippen LogP contribution in [0.3, 0.4) is 0 Å². The molecule has 0 radical (unpaired) electrons. The van der Waals surface area contributed by atoms with Gasteiger partial charge in [-0.25, -0.2) is 4.98 Å². The van der Waals surface area contributed by atoms with Gasteiger partial charge >= 0.3 is 6.18 Å². The minimum absolute atomic E-state index is 0.00822. The number of oxazole rings is 1. The Morgan fingerprint density at radius 3 is 2.68 bits per heavy atom. The number of hydrogen-bond acceptors (Lipinski definition) is 4. The standard InChI is InChI=1S/C14H12F3N3O2/c15-14(16,17)10-3-4-18-7-9(10)12-19-11(8-22-12)13(21)20-5-1-2-6-20/h3-4,7-8H,1-2,5-6H2. The van der Waals surface area contributed by atoms with Crippen LogP contribution in [0.15, 0.2) is 29.1 Å². The lowest BCUT2D eigenvalue weighted by molar-refractivity contribution is -0.137. The van der Waals surface area contributed by atoms with Crippen LogP contribution in [0.2, 0.25) is 0 Å². The Hall–Kier alpha value is -2.38. The van der Waals surface area contributed by atoms with Crippen molar-refractivity contribution in [2.24, 2.45) is 0 Å². The fourth-order valence-electron chi connectivity index (χ4n) is 2.39. The maximum absolute atomic E-state index is 13.0. The number of carbonyl (C=O) groups excluding carboxylic acids is 1. The molecule has 0 aromatic carbocycles. The number of aromatic nitrogens is 2. The molecule has 1 saturated heterocycles. The molecule has 3 heterocycles. The van der Waals surface area contributed by atoms with Crippen LogP contribution in [0.4, 0.5) is 13.2 Å². The van der Waals surface area contributed by atoms with E-state index in [0.717, 1.165) is 37.6 Å². The molecular weight excluding hydrogens is 299 g/mol. The molecule has 22 heavy (non-hydrogen) atoms. The highest BCUT2D eigenvalue weighted by molar-refractivity contribution is 5.92. The van der Waals surface area contributed by atoms with Crippen molar-refractivity contribution >= 4 is 5.91 Å². The smallest absolute Gasteiger partial charge is 0.417 e. The number of pyridine rings is 1. The van der Waals surface area contributed by atoms with Gasteiger partial charge in [-0.3, -0.25) is 9.78 Å². The van der Waals surface area contributed by atoms with Gasteiger partial charge in [-0.2, -0.15) is 13.2 Å². The fraction of sp³-hybridized carbons (Fsp3) is 0.357. The van der Waals surface area contributed by atoms with Crippen LogP contribution < -0.4 is 0 Å². The largest absolute Gasteiger partial charge is 0.444 e. The summed E-state index contributed by atoms with van der Waals surface area (Å²) in [6.45, 7) is 1.25. The van der Waals surface area contributed by atoms with Gasteiger partial charge in [-0.1, -0.05) is 0 Å². The molecule has 1 aliphatic heterocycles. The van der Waals surface area contributed by atoms with E-state index >= 15 is 0 Å². The van der Waals surface area contributed by atoms with E-state index in [-0.39, 0.29) is 23.1 Å². The van der Waals surface area contributed by atoms with Gasteiger partial charge in [0.05, 0.1) is 11.1 Å². The summed E-state index contributed by atoms with van der Waals surface area (Å²) in [5.74, 6) is -0.590. The quantitative estimate of drug-likeness (QED) is 0.855. The van der Waals surface area contributed by atoms with Gasteiger partial charge in [0, 0.05) is 25.5 Å². The number of rotatable bonds is 2. The van der Waals surface area contributed by atoms with E-state index in [1.165, 1.54) is 0 Å². The van der Waals surface area contributed by atoms with Crippen molar-refractivity contribution in [2.45, 2.75) is 19.0 Å². The van der Waals surface area contributed by atoms with Gasteiger partial charge in [0.2, 0.25) is 5.89 Å². The molecule has 0 atom stereocenters. The average Bonchev–Trinajstić information content (AvgIpc) is 3.17. The van der Waals surface area contributed by atoms with Gasteiger partial charge in [-0.15, -0.1) is 0 Å². The number of amides is 1. The van der Waals surface area contributed by atoms with Crippen LogP contribution in [-0.2, 0) is 6.18 Å². The molecule has 0 aliphatic carbocycles. The predicted octanol–water partition coefficient (Wildman–Crippen LogP) is 2.99. The molecule has 3 rings (SSSR count). The van der Waals surface area contributed by atoms with Crippen molar-refractivity contribution in [2.75, 3.05) is 13.1 Å². The highest BCUT2D eigenvalue weighted by Crippen LogP contribution is 2.36. The zero-order chi connectivity index (χ0) is 15.7. The first-order valence-corrected chi connectivity index (χ1v) is 6.73. The monoisotopic (exact) mass is 311 g/mol. The molecule has 1 amide bonds. The van der Waals surface area contributed by atoms with Gasteiger partial charge in [0.1, 0.15) is 6.26 Å². The molecule has 2 aromatic heterocycles. The van der Waals surface area contributed by atoms with Crippen molar-refractivity contribution < 1.29 is 22.4 Å². The highest BCUT2D eigenvalue weighted by atomic mass is 19.4. The maximum Gasteiger partial charge on any atom is 0.417 e. The van der Waals surface area contributed by atoms with Crippen LogP contribution in [0.25, 0.3) is 11.5 Å². The van der Waals surface area contributed by atoms with Gasteiger partial charge in [0.25, 0.3) is 5.91 Å². The number of carbonyl (C=O) groups is 1. The van der Waals surface area contributed by atoms with Crippen molar-refractivity contribution in [3.8, 4) is 11.5 Å². The third-order valence-corrected chi connectivity index (χ3v) is 3.47. The Kier molecular flexibility index (Phi) is 3.59. The summed E-state index contributed by atoms with van der Waals surface area (Å²) in [7, 11) is 0. The number of hydrogen-bond donors (Lipinski definition) is 0.